The van der Waals surface area contributed by atoms with Crippen molar-refractivity contribution in [2.24, 2.45) is 0 Å². The lowest BCUT2D eigenvalue weighted by atomic mass is 9.87. The predicted molar refractivity (Wildman–Crippen MR) is 131 cm³/mol. The van der Waals surface area contributed by atoms with E-state index in [4.69, 9.17) is 10.1 Å². The molecule has 35 heavy (non-hydrogen) atoms. The first-order valence-electron chi connectivity index (χ1n) is 12.2. The maximum atomic E-state index is 13.3. The number of aliphatic hydroxyl groups is 1. The molecule has 0 spiro atoms. The molecule has 0 radical (unpaired) electrons. The molecule has 0 aromatic heterocycles. The van der Waals surface area contributed by atoms with Crippen molar-refractivity contribution in [2.45, 2.75) is 69.7 Å². The van der Waals surface area contributed by atoms with Crippen LogP contribution in [0.5, 0.6) is 5.75 Å². The number of hydrogen-bond acceptors (Lipinski definition) is 5. The summed E-state index contributed by atoms with van der Waals surface area (Å²) in [5.41, 5.74) is 1.49. The van der Waals surface area contributed by atoms with Gasteiger partial charge < -0.3 is 20.5 Å². The van der Waals surface area contributed by atoms with E-state index in [1.165, 1.54) is 0 Å². The zero-order chi connectivity index (χ0) is 25.0. The second-order valence-electron chi connectivity index (χ2n) is 10.4. The fourth-order valence-electron chi connectivity index (χ4n) is 5.41. The van der Waals surface area contributed by atoms with Gasteiger partial charge in [-0.25, -0.2) is 0 Å². The number of ether oxygens (including phenoxy) is 1. The number of nitrogens with one attached hydrogen (secondary N) is 3. The van der Waals surface area contributed by atoms with Crippen LogP contribution in [0, 0.1) is 5.41 Å². The molecule has 4 N–H and O–H groups in total. The van der Waals surface area contributed by atoms with E-state index in [0.29, 0.717) is 24.2 Å². The fraction of sp³-hybridized carbons (Fsp3) is 0.444. The quantitative estimate of drug-likeness (QED) is 0.541. The van der Waals surface area contributed by atoms with Gasteiger partial charge in [0.1, 0.15) is 18.0 Å². The summed E-state index contributed by atoms with van der Waals surface area (Å²) in [6.07, 6.45) is 2.57. The van der Waals surface area contributed by atoms with Gasteiger partial charge in [-0.2, -0.15) is 0 Å². The molecule has 1 aliphatic carbocycles. The standard InChI is InChI=1S/C27H32N4O4/c1-4-26(2)14-22(32)31(25(28)30-26)20-12-11-16-9-10-17(13-19(16)20)24(33)29-23-18-7-5-6-8-21(18)35-15-27(23,3)34/h5-10,13,20,23,34H,4,11-12,14-15H2,1-3H3,(H2,28,30)(H,29,33)/t20-,23-,26?,27-/m1/s1. The molecule has 3 aliphatic rings. The number of para-hydroxylation sites is 1. The van der Waals surface area contributed by atoms with E-state index < -0.39 is 17.2 Å². The molecule has 0 saturated carbocycles. The molecule has 184 valence electrons. The molecule has 4 atom stereocenters. The van der Waals surface area contributed by atoms with Gasteiger partial charge in [0.05, 0.1) is 18.5 Å². The highest BCUT2D eigenvalue weighted by atomic mass is 16.5. The van der Waals surface area contributed by atoms with Gasteiger partial charge in [-0.15, -0.1) is 0 Å². The SMILES string of the molecule is CCC1(C)CC(=O)N([C@@H]2CCc3ccc(C(=O)N[C@@H]4c5ccccc5OC[C@@]4(C)O)cc32)C(=N)N1. The summed E-state index contributed by atoms with van der Waals surface area (Å²) in [5, 5.41) is 25.7. The molecule has 2 aromatic carbocycles. The highest BCUT2D eigenvalue weighted by Gasteiger charge is 2.43. The lowest BCUT2D eigenvalue weighted by molar-refractivity contribution is -0.132. The molecular weight excluding hydrogens is 444 g/mol. The Morgan fingerprint density at radius 1 is 1.26 bits per heavy atom. The second kappa shape index (κ2) is 8.37. The second-order valence-corrected chi connectivity index (χ2v) is 10.4. The van der Waals surface area contributed by atoms with E-state index in [0.717, 1.165) is 29.5 Å². The molecule has 0 bridgehead atoms. The lowest BCUT2D eigenvalue weighted by Crippen LogP contribution is -2.61. The van der Waals surface area contributed by atoms with Crippen molar-refractivity contribution in [1.82, 2.24) is 15.5 Å². The largest absolute Gasteiger partial charge is 0.490 e. The van der Waals surface area contributed by atoms with Gasteiger partial charge in [0, 0.05) is 16.7 Å². The number of aryl methyl sites for hydroxylation is 1. The molecule has 1 unspecified atom stereocenters. The van der Waals surface area contributed by atoms with Crippen LogP contribution in [0.25, 0.3) is 0 Å². The average Bonchev–Trinajstić information content (AvgIpc) is 3.23. The van der Waals surface area contributed by atoms with Crippen molar-refractivity contribution in [2.75, 3.05) is 6.61 Å². The number of nitrogens with zero attached hydrogens (tertiary/aromatic N) is 1. The third-order valence-corrected chi connectivity index (χ3v) is 7.66. The van der Waals surface area contributed by atoms with E-state index in [2.05, 4.69) is 10.6 Å². The van der Waals surface area contributed by atoms with Crippen LogP contribution < -0.4 is 15.4 Å². The van der Waals surface area contributed by atoms with Gasteiger partial charge in [-0.1, -0.05) is 31.2 Å². The summed E-state index contributed by atoms with van der Waals surface area (Å²) in [7, 11) is 0. The van der Waals surface area contributed by atoms with Crippen molar-refractivity contribution in [3.8, 4) is 5.75 Å². The maximum Gasteiger partial charge on any atom is 0.251 e. The molecule has 8 nitrogen and oxygen atoms in total. The summed E-state index contributed by atoms with van der Waals surface area (Å²) < 4.78 is 5.68. The Morgan fingerprint density at radius 3 is 2.77 bits per heavy atom. The molecule has 1 saturated heterocycles. The Morgan fingerprint density at radius 2 is 2.03 bits per heavy atom. The minimum absolute atomic E-state index is 0.0688. The van der Waals surface area contributed by atoms with E-state index >= 15 is 0 Å². The molecule has 2 aliphatic heterocycles. The number of carbonyl (C=O) groups is 2. The number of hydrogen-bond donors (Lipinski definition) is 4. The van der Waals surface area contributed by atoms with Gasteiger partial charge in [0.25, 0.3) is 5.91 Å². The fourth-order valence-corrected chi connectivity index (χ4v) is 5.41. The van der Waals surface area contributed by atoms with Gasteiger partial charge in [-0.3, -0.25) is 19.9 Å². The molecule has 2 aromatic rings. The summed E-state index contributed by atoms with van der Waals surface area (Å²) in [6.45, 7) is 5.69. The third-order valence-electron chi connectivity index (χ3n) is 7.66. The maximum absolute atomic E-state index is 13.3. The van der Waals surface area contributed by atoms with E-state index in [9.17, 15) is 14.7 Å². The summed E-state index contributed by atoms with van der Waals surface area (Å²) >= 11 is 0. The highest BCUT2D eigenvalue weighted by molar-refractivity contribution is 6.00. The first-order valence-corrected chi connectivity index (χ1v) is 12.2. The van der Waals surface area contributed by atoms with Gasteiger partial charge in [-0.05, 0) is 62.4 Å². The van der Waals surface area contributed by atoms with Crippen LogP contribution >= 0.6 is 0 Å². The minimum Gasteiger partial charge on any atom is -0.490 e. The lowest BCUT2D eigenvalue weighted by Gasteiger charge is -2.42. The molecular formula is C27H32N4O4. The third kappa shape index (κ3) is 4.05. The van der Waals surface area contributed by atoms with Crippen molar-refractivity contribution >= 4 is 17.8 Å². The summed E-state index contributed by atoms with van der Waals surface area (Å²) in [6, 6.07) is 12.0. The Balaban J connectivity index is 1.41. The molecule has 2 heterocycles. The molecule has 8 heteroatoms. The average molecular weight is 477 g/mol. The number of benzene rings is 2. The number of fused-ring (bicyclic) bond motifs is 2. The first kappa shape index (κ1) is 23.4. The molecule has 1 fully saturated rings. The summed E-state index contributed by atoms with van der Waals surface area (Å²) in [5.74, 6) is 0.387. The van der Waals surface area contributed by atoms with Crippen molar-refractivity contribution < 1.29 is 19.4 Å². The molecule has 2 amide bonds. The number of guanidine groups is 1. The smallest absolute Gasteiger partial charge is 0.251 e. The highest BCUT2D eigenvalue weighted by Crippen LogP contribution is 2.40. The van der Waals surface area contributed by atoms with E-state index in [-0.39, 0.29) is 30.4 Å². The predicted octanol–water partition coefficient (Wildman–Crippen LogP) is 3.21. The molecule has 5 rings (SSSR count). The monoisotopic (exact) mass is 476 g/mol. The Bertz CT molecular complexity index is 1190. The van der Waals surface area contributed by atoms with Crippen LogP contribution in [0.4, 0.5) is 0 Å². The van der Waals surface area contributed by atoms with Crippen LogP contribution in [-0.2, 0) is 11.2 Å². The Kier molecular flexibility index (Phi) is 5.59. The Hall–Kier alpha value is -3.39. The van der Waals surface area contributed by atoms with E-state index in [1.54, 1.807) is 17.9 Å². The normalized spacial score (nSPS) is 29.7. The van der Waals surface area contributed by atoms with Crippen molar-refractivity contribution in [1.29, 1.82) is 5.41 Å². The zero-order valence-corrected chi connectivity index (χ0v) is 20.4. The number of carbonyl (C=O) groups excluding carboxylic acids is 2. The van der Waals surface area contributed by atoms with Crippen LogP contribution in [-0.4, -0.2) is 45.5 Å². The van der Waals surface area contributed by atoms with Gasteiger partial charge in [0.2, 0.25) is 5.91 Å². The number of amides is 2. The topological polar surface area (TPSA) is 115 Å². The van der Waals surface area contributed by atoms with Gasteiger partial charge in [0.15, 0.2) is 5.96 Å². The first-order chi connectivity index (χ1) is 16.6. The van der Waals surface area contributed by atoms with Crippen LogP contribution in [0.3, 0.4) is 0 Å². The van der Waals surface area contributed by atoms with Crippen LogP contribution in [0.1, 0.15) is 79.2 Å². The van der Waals surface area contributed by atoms with Crippen LogP contribution in [0.15, 0.2) is 42.5 Å². The van der Waals surface area contributed by atoms with Crippen molar-refractivity contribution in [3.05, 3.63) is 64.7 Å². The number of rotatable bonds is 4. The van der Waals surface area contributed by atoms with Crippen molar-refractivity contribution in [3.63, 3.8) is 0 Å². The zero-order valence-electron chi connectivity index (χ0n) is 20.4. The van der Waals surface area contributed by atoms with Crippen LogP contribution in [0.2, 0.25) is 0 Å². The van der Waals surface area contributed by atoms with Gasteiger partial charge >= 0.3 is 0 Å². The van der Waals surface area contributed by atoms with E-state index in [1.807, 2.05) is 50.2 Å². The summed E-state index contributed by atoms with van der Waals surface area (Å²) in [4.78, 5) is 28.0. The Labute approximate surface area is 205 Å². The minimum atomic E-state index is -1.27.